The van der Waals surface area contributed by atoms with Crippen LogP contribution in [0.4, 0.5) is 5.82 Å². The van der Waals surface area contributed by atoms with Crippen molar-refractivity contribution >= 4 is 17.6 Å². The number of carbonyl (C=O) groups is 2. The van der Waals surface area contributed by atoms with Crippen LogP contribution in [-0.2, 0) is 20.7 Å². The molecule has 1 N–H and O–H groups in total. The second-order valence-electron chi connectivity index (χ2n) is 6.81. The van der Waals surface area contributed by atoms with Crippen molar-refractivity contribution in [2.24, 2.45) is 0 Å². The van der Waals surface area contributed by atoms with Gasteiger partial charge in [-0.1, -0.05) is 0 Å². The van der Waals surface area contributed by atoms with E-state index < -0.39 is 0 Å². The van der Waals surface area contributed by atoms with Crippen LogP contribution in [0.5, 0.6) is 0 Å². The van der Waals surface area contributed by atoms with Crippen LogP contribution in [-0.4, -0.2) is 67.6 Å². The summed E-state index contributed by atoms with van der Waals surface area (Å²) in [5.41, 5.74) is 1.12. The van der Waals surface area contributed by atoms with Crippen molar-refractivity contribution in [2.45, 2.75) is 32.1 Å². The van der Waals surface area contributed by atoms with E-state index in [2.05, 4.69) is 21.3 Å². The second kappa shape index (κ2) is 9.52. The fourth-order valence-corrected chi connectivity index (χ4v) is 3.37. The van der Waals surface area contributed by atoms with Crippen molar-refractivity contribution in [1.29, 1.82) is 0 Å². The Morgan fingerprint density at radius 3 is 2.88 bits per heavy atom. The van der Waals surface area contributed by atoms with Gasteiger partial charge in [-0.15, -0.1) is 0 Å². The molecule has 0 unspecified atom stereocenters. The Balaban J connectivity index is 1.35. The van der Waals surface area contributed by atoms with Gasteiger partial charge < -0.3 is 19.9 Å². The number of ether oxygens (including phenoxy) is 1. The normalized spacial score (nSPS) is 17.6. The van der Waals surface area contributed by atoms with E-state index in [1.54, 1.807) is 0 Å². The van der Waals surface area contributed by atoms with Crippen molar-refractivity contribution in [3.63, 3.8) is 0 Å². The molecule has 0 atom stereocenters. The number of anilines is 1. The van der Waals surface area contributed by atoms with Gasteiger partial charge in [0.05, 0.1) is 13.2 Å². The fraction of sp³-hybridized carbons (Fsp3) is 0.632. The molecule has 0 aliphatic carbocycles. The van der Waals surface area contributed by atoms with Gasteiger partial charge in [-0.2, -0.15) is 0 Å². The minimum absolute atomic E-state index is 0.0579. The van der Waals surface area contributed by atoms with Gasteiger partial charge in [0.1, 0.15) is 5.82 Å². The van der Waals surface area contributed by atoms with E-state index in [0.717, 1.165) is 63.6 Å². The van der Waals surface area contributed by atoms with Crippen molar-refractivity contribution in [3.05, 3.63) is 23.9 Å². The number of aromatic nitrogens is 1. The molecule has 142 valence electrons. The average molecular weight is 360 g/mol. The Kier molecular flexibility index (Phi) is 6.82. The number of nitrogens with zero attached hydrogens (tertiary/aromatic N) is 3. The predicted octanol–water partition coefficient (Wildman–Crippen LogP) is 0.980. The molecule has 2 aliphatic heterocycles. The Bertz CT molecular complexity index is 617. The number of aryl methyl sites for hydroxylation is 1. The van der Waals surface area contributed by atoms with Gasteiger partial charge in [-0.3, -0.25) is 9.59 Å². The molecule has 1 aromatic heterocycles. The predicted molar refractivity (Wildman–Crippen MR) is 99.0 cm³/mol. The molecule has 0 spiro atoms. The number of hydrogen-bond donors (Lipinski definition) is 1. The molecule has 1 aromatic rings. The third-order valence-electron chi connectivity index (χ3n) is 4.88. The maximum atomic E-state index is 12.0. The zero-order valence-electron chi connectivity index (χ0n) is 15.3. The average Bonchev–Trinajstić information content (AvgIpc) is 3.09. The Morgan fingerprint density at radius 1 is 1.27 bits per heavy atom. The van der Waals surface area contributed by atoms with Gasteiger partial charge in [-0.25, -0.2) is 4.98 Å². The summed E-state index contributed by atoms with van der Waals surface area (Å²) in [7, 11) is 0. The molecule has 2 saturated heterocycles. The summed E-state index contributed by atoms with van der Waals surface area (Å²) in [5.74, 6) is 1.26. The number of amides is 2. The first-order valence-corrected chi connectivity index (χ1v) is 9.54. The summed E-state index contributed by atoms with van der Waals surface area (Å²) in [6.45, 7) is 5.41. The molecule has 7 heteroatoms. The first-order valence-electron chi connectivity index (χ1n) is 9.54. The first kappa shape index (κ1) is 18.6. The summed E-state index contributed by atoms with van der Waals surface area (Å²) in [6, 6.07) is 4.04. The molecule has 2 amide bonds. The summed E-state index contributed by atoms with van der Waals surface area (Å²) in [4.78, 5) is 32.1. The van der Waals surface area contributed by atoms with Gasteiger partial charge in [0.25, 0.3) is 0 Å². The second-order valence-corrected chi connectivity index (χ2v) is 6.81. The lowest BCUT2D eigenvalue weighted by atomic mass is 10.1. The molecule has 2 aliphatic rings. The molecule has 3 heterocycles. The van der Waals surface area contributed by atoms with Crippen LogP contribution in [0.1, 0.15) is 31.2 Å². The van der Waals surface area contributed by atoms with Gasteiger partial charge in [0.2, 0.25) is 11.8 Å². The van der Waals surface area contributed by atoms with Crippen LogP contribution >= 0.6 is 0 Å². The van der Waals surface area contributed by atoms with Crippen LogP contribution < -0.4 is 10.2 Å². The fourth-order valence-electron chi connectivity index (χ4n) is 3.37. The van der Waals surface area contributed by atoms with E-state index >= 15 is 0 Å². The molecule has 0 saturated carbocycles. The van der Waals surface area contributed by atoms with E-state index in [1.165, 1.54) is 0 Å². The number of nitrogens with one attached hydrogen (secondary N) is 1. The van der Waals surface area contributed by atoms with E-state index in [0.29, 0.717) is 25.8 Å². The van der Waals surface area contributed by atoms with Crippen LogP contribution in [0.3, 0.4) is 0 Å². The summed E-state index contributed by atoms with van der Waals surface area (Å²) in [5, 5.41) is 2.95. The Labute approximate surface area is 154 Å². The topological polar surface area (TPSA) is 74.8 Å². The Morgan fingerprint density at radius 2 is 2.12 bits per heavy atom. The first-order chi connectivity index (χ1) is 12.7. The summed E-state index contributed by atoms with van der Waals surface area (Å²) < 4.78 is 5.37. The van der Waals surface area contributed by atoms with E-state index in [9.17, 15) is 9.59 Å². The van der Waals surface area contributed by atoms with Crippen molar-refractivity contribution in [1.82, 2.24) is 15.2 Å². The van der Waals surface area contributed by atoms with Crippen LogP contribution in [0.2, 0.25) is 0 Å². The van der Waals surface area contributed by atoms with Crippen LogP contribution in [0.25, 0.3) is 0 Å². The van der Waals surface area contributed by atoms with Crippen LogP contribution in [0, 0.1) is 0 Å². The maximum Gasteiger partial charge on any atom is 0.222 e. The lowest BCUT2D eigenvalue weighted by Gasteiger charge is -2.28. The zero-order valence-corrected chi connectivity index (χ0v) is 15.3. The van der Waals surface area contributed by atoms with Crippen molar-refractivity contribution < 1.29 is 14.3 Å². The number of hydrogen-bond acceptors (Lipinski definition) is 5. The molecule has 0 bridgehead atoms. The van der Waals surface area contributed by atoms with Crippen molar-refractivity contribution in [2.75, 3.05) is 50.8 Å². The molecule has 2 fully saturated rings. The SMILES string of the molecule is O=C(CCc1ccnc(N2CCOCC2)c1)NCCCN1CCCC1=O. The number of morpholine rings is 1. The third kappa shape index (κ3) is 5.42. The largest absolute Gasteiger partial charge is 0.378 e. The van der Waals surface area contributed by atoms with Crippen molar-refractivity contribution in [3.8, 4) is 0 Å². The zero-order chi connectivity index (χ0) is 18.2. The molecular formula is C19H28N4O3. The molecule has 0 radical (unpaired) electrons. The maximum absolute atomic E-state index is 12.0. The number of pyridine rings is 1. The minimum atomic E-state index is 0.0579. The molecular weight excluding hydrogens is 332 g/mol. The smallest absolute Gasteiger partial charge is 0.222 e. The molecule has 7 nitrogen and oxygen atoms in total. The highest BCUT2D eigenvalue weighted by molar-refractivity contribution is 5.78. The van der Waals surface area contributed by atoms with Gasteiger partial charge in [0, 0.05) is 51.8 Å². The van der Waals surface area contributed by atoms with Gasteiger partial charge in [-0.05, 0) is 37.0 Å². The summed E-state index contributed by atoms with van der Waals surface area (Å²) >= 11 is 0. The highest BCUT2D eigenvalue weighted by Crippen LogP contribution is 2.15. The third-order valence-corrected chi connectivity index (χ3v) is 4.88. The molecule has 26 heavy (non-hydrogen) atoms. The van der Waals surface area contributed by atoms with Gasteiger partial charge >= 0.3 is 0 Å². The quantitative estimate of drug-likeness (QED) is 0.700. The van der Waals surface area contributed by atoms with Gasteiger partial charge in [0.15, 0.2) is 0 Å². The monoisotopic (exact) mass is 360 g/mol. The number of carbonyl (C=O) groups excluding carboxylic acids is 2. The highest BCUT2D eigenvalue weighted by Gasteiger charge is 2.19. The molecule has 3 rings (SSSR count). The van der Waals surface area contributed by atoms with E-state index in [-0.39, 0.29) is 11.8 Å². The van der Waals surface area contributed by atoms with E-state index in [1.807, 2.05) is 17.2 Å². The lowest BCUT2D eigenvalue weighted by Crippen LogP contribution is -2.36. The number of rotatable bonds is 8. The Hall–Kier alpha value is -2.15. The standard InChI is InChI=1S/C19H28N4O3/c24-18(21-7-2-10-23-9-1-3-19(23)25)5-4-16-6-8-20-17(15-16)22-11-13-26-14-12-22/h6,8,15H,1-5,7,9-14H2,(H,21,24). The minimum Gasteiger partial charge on any atom is -0.378 e. The highest BCUT2D eigenvalue weighted by atomic mass is 16.5. The summed E-state index contributed by atoms with van der Waals surface area (Å²) in [6.07, 6.45) is 5.43. The molecule has 0 aromatic carbocycles. The number of likely N-dealkylation sites (tertiary alicyclic amines) is 1. The van der Waals surface area contributed by atoms with E-state index in [4.69, 9.17) is 4.74 Å². The van der Waals surface area contributed by atoms with Crippen LogP contribution in [0.15, 0.2) is 18.3 Å². The lowest BCUT2D eigenvalue weighted by molar-refractivity contribution is -0.127.